The zero-order valence-electron chi connectivity index (χ0n) is 8.52. The molecule has 0 spiro atoms. The van der Waals surface area contributed by atoms with Gasteiger partial charge in [0, 0.05) is 6.54 Å². The molecule has 1 aliphatic heterocycles. The fraction of sp³-hybridized carbons (Fsp3) is 0.455. The number of fused-ring (bicyclic) bond motifs is 1. The van der Waals surface area contributed by atoms with Crippen molar-refractivity contribution < 1.29 is 0 Å². The maximum absolute atomic E-state index is 8.99. The number of aromatic nitrogens is 1. The first kappa shape index (κ1) is 9.01. The lowest BCUT2D eigenvalue weighted by atomic mass is 9.97. The van der Waals surface area contributed by atoms with E-state index in [1.54, 1.807) is 0 Å². The van der Waals surface area contributed by atoms with Gasteiger partial charge in [0.2, 0.25) is 0 Å². The van der Waals surface area contributed by atoms with Crippen LogP contribution >= 0.6 is 0 Å². The van der Waals surface area contributed by atoms with Crippen LogP contribution in [-0.4, -0.2) is 11.5 Å². The lowest BCUT2D eigenvalue weighted by Crippen LogP contribution is -2.16. The van der Waals surface area contributed by atoms with E-state index < -0.39 is 0 Å². The van der Waals surface area contributed by atoms with Gasteiger partial charge in [-0.2, -0.15) is 5.26 Å². The monoisotopic (exact) mass is 187 g/mol. The minimum absolute atomic E-state index is 0.743. The molecule has 2 rings (SSSR count). The molecule has 0 saturated carbocycles. The van der Waals surface area contributed by atoms with Crippen molar-refractivity contribution in [3.05, 3.63) is 22.4 Å². The highest BCUT2D eigenvalue weighted by molar-refractivity contribution is 5.57. The van der Waals surface area contributed by atoms with Crippen LogP contribution in [0.2, 0.25) is 0 Å². The van der Waals surface area contributed by atoms with E-state index in [9.17, 15) is 0 Å². The first-order valence-electron chi connectivity index (χ1n) is 4.88. The van der Waals surface area contributed by atoms with Gasteiger partial charge in [0.25, 0.3) is 0 Å². The molecular weight excluding hydrogens is 174 g/mol. The van der Waals surface area contributed by atoms with E-state index in [4.69, 9.17) is 5.26 Å². The van der Waals surface area contributed by atoms with E-state index in [0.717, 1.165) is 42.0 Å². The topological polar surface area (TPSA) is 48.7 Å². The molecule has 0 amide bonds. The molecule has 2 heterocycles. The van der Waals surface area contributed by atoms with E-state index >= 15 is 0 Å². The van der Waals surface area contributed by atoms with Crippen LogP contribution in [0.15, 0.2) is 0 Å². The third kappa shape index (κ3) is 1.24. The second-order valence-corrected chi connectivity index (χ2v) is 3.67. The summed E-state index contributed by atoms with van der Waals surface area (Å²) >= 11 is 0. The van der Waals surface area contributed by atoms with Gasteiger partial charge in [-0.15, -0.1) is 0 Å². The van der Waals surface area contributed by atoms with Crippen LogP contribution in [0.25, 0.3) is 0 Å². The van der Waals surface area contributed by atoms with Crippen molar-refractivity contribution in [3.63, 3.8) is 0 Å². The number of anilines is 1. The average Bonchev–Trinajstić information content (AvgIpc) is 2.18. The van der Waals surface area contributed by atoms with Crippen molar-refractivity contribution >= 4 is 5.82 Å². The van der Waals surface area contributed by atoms with E-state index in [1.807, 2.05) is 13.8 Å². The fourth-order valence-corrected chi connectivity index (χ4v) is 1.98. The summed E-state index contributed by atoms with van der Waals surface area (Å²) in [4.78, 5) is 4.41. The van der Waals surface area contributed by atoms with Crippen LogP contribution in [0.3, 0.4) is 0 Å². The van der Waals surface area contributed by atoms with Gasteiger partial charge >= 0.3 is 0 Å². The number of pyridine rings is 1. The Hall–Kier alpha value is -1.56. The molecule has 1 aromatic heterocycles. The van der Waals surface area contributed by atoms with Gasteiger partial charge in [-0.25, -0.2) is 4.98 Å². The average molecular weight is 187 g/mol. The molecule has 1 aromatic rings. The molecule has 0 fully saturated rings. The highest BCUT2D eigenvalue weighted by Crippen LogP contribution is 2.26. The van der Waals surface area contributed by atoms with Crippen molar-refractivity contribution in [2.45, 2.75) is 26.7 Å². The molecule has 14 heavy (non-hydrogen) atoms. The summed E-state index contributed by atoms with van der Waals surface area (Å²) in [5, 5.41) is 12.3. The summed E-state index contributed by atoms with van der Waals surface area (Å²) < 4.78 is 0. The number of hydrogen-bond acceptors (Lipinski definition) is 3. The van der Waals surface area contributed by atoms with Gasteiger partial charge in [0.05, 0.1) is 11.3 Å². The first-order valence-corrected chi connectivity index (χ1v) is 4.88. The van der Waals surface area contributed by atoms with Crippen LogP contribution in [0, 0.1) is 25.2 Å². The minimum Gasteiger partial charge on any atom is -0.370 e. The second-order valence-electron chi connectivity index (χ2n) is 3.67. The number of nitrogens with one attached hydrogen (secondary N) is 1. The van der Waals surface area contributed by atoms with Crippen LogP contribution in [0.5, 0.6) is 0 Å². The Morgan fingerprint density at radius 2 is 2.21 bits per heavy atom. The smallest absolute Gasteiger partial charge is 0.129 e. The van der Waals surface area contributed by atoms with Gasteiger partial charge in [-0.05, 0) is 37.8 Å². The zero-order chi connectivity index (χ0) is 10.1. The Kier molecular flexibility index (Phi) is 2.12. The summed E-state index contributed by atoms with van der Waals surface area (Å²) in [6.07, 6.45) is 2.17. The maximum Gasteiger partial charge on any atom is 0.129 e. The second kappa shape index (κ2) is 3.30. The van der Waals surface area contributed by atoms with Crippen LogP contribution in [-0.2, 0) is 6.42 Å². The standard InChI is InChI=1S/C11H13N3/c1-7-9-4-3-5-13-11(9)14-8(2)10(7)6-12/h3-5H2,1-2H3,(H,13,14). The van der Waals surface area contributed by atoms with Gasteiger partial charge in [0.1, 0.15) is 11.9 Å². The van der Waals surface area contributed by atoms with E-state index in [2.05, 4.69) is 16.4 Å². The van der Waals surface area contributed by atoms with Gasteiger partial charge < -0.3 is 5.32 Å². The number of hydrogen-bond donors (Lipinski definition) is 1. The predicted octanol–water partition coefficient (Wildman–Crippen LogP) is 1.93. The molecule has 0 aromatic carbocycles. The third-order valence-electron chi connectivity index (χ3n) is 2.76. The lowest BCUT2D eigenvalue weighted by molar-refractivity contribution is 0.806. The first-order chi connectivity index (χ1) is 6.74. The largest absolute Gasteiger partial charge is 0.370 e. The van der Waals surface area contributed by atoms with Crippen molar-refractivity contribution in [1.82, 2.24) is 4.98 Å². The number of nitriles is 1. The van der Waals surface area contributed by atoms with Crippen LogP contribution in [0.4, 0.5) is 5.82 Å². The van der Waals surface area contributed by atoms with Crippen molar-refractivity contribution in [2.75, 3.05) is 11.9 Å². The Balaban J connectivity index is 2.65. The van der Waals surface area contributed by atoms with Crippen molar-refractivity contribution in [3.8, 4) is 6.07 Å². The van der Waals surface area contributed by atoms with Gasteiger partial charge in [0.15, 0.2) is 0 Å². The summed E-state index contributed by atoms with van der Waals surface area (Å²) in [5.41, 5.74) is 3.89. The van der Waals surface area contributed by atoms with Gasteiger partial charge in [-0.3, -0.25) is 0 Å². The number of rotatable bonds is 0. The van der Waals surface area contributed by atoms with Crippen LogP contribution < -0.4 is 5.32 Å². The molecule has 0 aliphatic carbocycles. The molecule has 0 unspecified atom stereocenters. The van der Waals surface area contributed by atoms with Crippen molar-refractivity contribution in [1.29, 1.82) is 5.26 Å². The lowest BCUT2D eigenvalue weighted by Gasteiger charge is -2.20. The van der Waals surface area contributed by atoms with E-state index in [1.165, 1.54) is 5.56 Å². The van der Waals surface area contributed by atoms with Crippen molar-refractivity contribution in [2.24, 2.45) is 0 Å². The molecule has 72 valence electrons. The molecule has 3 nitrogen and oxygen atoms in total. The Morgan fingerprint density at radius 1 is 1.43 bits per heavy atom. The Morgan fingerprint density at radius 3 is 2.93 bits per heavy atom. The predicted molar refractivity (Wildman–Crippen MR) is 55.2 cm³/mol. The molecule has 1 aliphatic rings. The summed E-state index contributed by atoms with van der Waals surface area (Å²) in [7, 11) is 0. The molecule has 0 bridgehead atoms. The number of nitrogens with zero attached hydrogens (tertiary/aromatic N) is 2. The third-order valence-corrected chi connectivity index (χ3v) is 2.76. The normalized spacial score (nSPS) is 14.1. The summed E-state index contributed by atoms with van der Waals surface area (Å²) in [6.45, 7) is 4.89. The zero-order valence-corrected chi connectivity index (χ0v) is 8.52. The molecule has 3 heteroatoms. The maximum atomic E-state index is 8.99. The highest BCUT2D eigenvalue weighted by atomic mass is 15.0. The molecule has 1 N–H and O–H groups in total. The molecular formula is C11H13N3. The highest BCUT2D eigenvalue weighted by Gasteiger charge is 2.16. The summed E-state index contributed by atoms with van der Waals surface area (Å²) in [6, 6.07) is 2.22. The van der Waals surface area contributed by atoms with E-state index in [0.29, 0.717) is 0 Å². The molecule has 0 radical (unpaired) electrons. The van der Waals surface area contributed by atoms with Crippen LogP contribution in [0.1, 0.15) is 28.8 Å². The number of aryl methyl sites for hydroxylation is 1. The molecule has 0 atom stereocenters. The summed E-state index contributed by atoms with van der Waals surface area (Å²) in [5.74, 6) is 0.977. The minimum atomic E-state index is 0.743. The van der Waals surface area contributed by atoms with Gasteiger partial charge in [-0.1, -0.05) is 0 Å². The quantitative estimate of drug-likeness (QED) is 0.675. The SMILES string of the molecule is Cc1nc2c(c(C)c1C#N)CCCN2. The Labute approximate surface area is 83.8 Å². The Bertz CT molecular complexity index is 416. The fourth-order valence-electron chi connectivity index (χ4n) is 1.98. The molecule has 0 saturated heterocycles. The van der Waals surface area contributed by atoms with E-state index in [-0.39, 0.29) is 0 Å².